The summed E-state index contributed by atoms with van der Waals surface area (Å²) in [7, 11) is 1.61. The Labute approximate surface area is 163 Å². The number of nitrogens with zero attached hydrogens (tertiary/aromatic N) is 4. The zero-order chi connectivity index (χ0) is 19.0. The number of anilines is 1. The summed E-state index contributed by atoms with van der Waals surface area (Å²) in [6.45, 7) is 1.83. The summed E-state index contributed by atoms with van der Waals surface area (Å²) < 4.78 is 6.96. The number of hydrogen-bond donors (Lipinski definition) is 1. The molecule has 1 N–H and O–H groups in total. The lowest BCUT2D eigenvalue weighted by Gasteiger charge is -2.07. The number of pyridine rings is 1. The van der Waals surface area contributed by atoms with Gasteiger partial charge in [-0.25, -0.2) is 14.6 Å². The van der Waals surface area contributed by atoms with Gasteiger partial charge in [0.25, 0.3) is 5.91 Å². The van der Waals surface area contributed by atoms with Crippen LogP contribution in [0.5, 0.6) is 5.75 Å². The van der Waals surface area contributed by atoms with E-state index < -0.39 is 0 Å². The molecular weight excluding hydrogens is 386 g/mol. The van der Waals surface area contributed by atoms with Crippen LogP contribution in [0.4, 0.5) is 5.13 Å². The highest BCUT2D eigenvalue weighted by Gasteiger charge is 2.20. The van der Waals surface area contributed by atoms with Gasteiger partial charge in [0, 0.05) is 23.8 Å². The second kappa shape index (κ2) is 6.98. The number of rotatable bonds is 4. The van der Waals surface area contributed by atoms with Crippen LogP contribution in [0.3, 0.4) is 0 Å². The van der Waals surface area contributed by atoms with Gasteiger partial charge < -0.3 is 4.74 Å². The lowest BCUT2D eigenvalue weighted by molar-refractivity contribution is 0.102. The van der Waals surface area contributed by atoms with Crippen LogP contribution in [0.2, 0.25) is 5.02 Å². The number of halogens is 1. The Bertz CT molecular complexity index is 1140. The normalized spacial score (nSPS) is 10.9. The molecule has 0 aliphatic rings. The number of thiazole rings is 1. The third-order valence-corrected chi connectivity index (χ3v) is 5.08. The summed E-state index contributed by atoms with van der Waals surface area (Å²) in [4.78, 5) is 21.0. The van der Waals surface area contributed by atoms with E-state index in [1.807, 2.05) is 31.2 Å². The highest BCUT2D eigenvalue weighted by Crippen LogP contribution is 2.31. The summed E-state index contributed by atoms with van der Waals surface area (Å²) in [5, 5.41) is 10.5. The van der Waals surface area contributed by atoms with Gasteiger partial charge in [-0.3, -0.25) is 10.1 Å². The number of aromatic nitrogens is 4. The molecule has 0 spiro atoms. The largest absolute Gasteiger partial charge is 0.497 e. The van der Waals surface area contributed by atoms with Crippen LogP contribution in [-0.2, 0) is 0 Å². The second-order valence-electron chi connectivity index (χ2n) is 5.67. The maximum absolute atomic E-state index is 12.5. The number of carbonyl (C=O) groups excluding carboxylic acids is 1. The van der Waals surface area contributed by atoms with E-state index in [1.54, 1.807) is 23.4 Å². The van der Waals surface area contributed by atoms with Gasteiger partial charge in [0.1, 0.15) is 5.75 Å². The zero-order valence-electron chi connectivity index (χ0n) is 14.4. The minimum absolute atomic E-state index is 0.271. The smallest absolute Gasteiger partial charge is 0.260 e. The number of nitrogens with one attached hydrogen (secondary N) is 1. The average molecular weight is 400 g/mol. The van der Waals surface area contributed by atoms with Crippen LogP contribution in [0.15, 0.2) is 42.0 Å². The molecule has 27 heavy (non-hydrogen) atoms. The summed E-state index contributed by atoms with van der Waals surface area (Å²) >= 11 is 7.87. The van der Waals surface area contributed by atoms with Crippen molar-refractivity contribution in [1.29, 1.82) is 0 Å². The summed E-state index contributed by atoms with van der Waals surface area (Å²) in [5.41, 5.74) is 2.30. The maximum atomic E-state index is 12.5. The van der Waals surface area contributed by atoms with E-state index in [0.29, 0.717) is 32.6 Å². The van der Waals surface area contributed by atoms with Crippen LogP contribution in [-0.4, -0.2) is 32.8 Å². The molecule has 7 nitrogen and oxygen atoms in total. The predicted molar refractivity (Wildman–Crippen MR) is 105 cm³/mol. The molecule has 0 atom stereocenters. The van der Waals surface area contributed by atoms with Crippen molar-refractivity contribution < 1.29 is 9.53 Å². The molecule has 4 aromatic rings. The van der Waals surface area contributed by atoms with Crippen molar-refractivity contribution in [2.45, 2.75) is 6.92 Å². The minimum Gasteiger partial charge on any atom is -0.497 e. The van der Waals surface area contributed by atoms with Crippen molar-refractivity contribution >= 4 is 45.0 Å². The van der Waals surface area contributed by atoms with Crippen molar-refractivity contribution in [3.63, 3.8) is 0 Å². The van der Waals surface area contributed by atoms with Gasteiger partial charge in [0.15, 0.2) is 10.8 Å². The van der Waals surface area contributed by atoms with E-state index in [4.69, 9.17) is 16.3 Å². The van der Waals surface area contributed by atoms with E-state index in [1.165, 1.54) is 17.5 Å². The molecule has 3 aromatic heterocycles. The van der Waals surface area contributed by atoms with Gasteiger partial charge in [-0.1, -0.05) is 17.7 Å². The molecule has 3 heterocycles. The highest BCUT2D eigenvalue weighted by atomic mass is 35.5. The molecule has 0 aliphatic carbocycles. The van der Waals surface area contributed by atoms with E-state index in [9.17, 15) is 4.79 Å². The molecule has 0 unspecified atom stereocenters. The number of aryl methyl sites for hydroxylation is 1. The van der Waals surface area contributed by atoms with E-state index in [2.05, 4.69) is 20.4 Å². The number of fused-ring (bicyclic) bond motifs is 1. The van der Waals surface area contributed by atoms with Gasteiger partial charge in [-0.05, 0) is 19.1 Å². The summed E-state index contributed by atoms with van der Waals surface area (Å²) in [5.74, 6) is 0.345. The standard InChI is InChI=1S/C18H14ClN5O2S/c1-10-14-15(19)13(17(25)22-18-20-6-7-27-18)9-21-16(14)24(23-10)11-4-3-5-12(8-11)26-2/h3-9H,1-2H3,(H,20,22,25). The first-order valence-corrected chi connectivity index (χ1v) is 9.23. The van der Waals surface area contributed by atoms with Crippen molar-refractivity contribution in [2.75, 3.05) is 12.4 Å². The predicted octanol–water partition coefficient (Wildman–Crippen LogP) is 4.10. The Hall–Kier alpha value is -2.97. The van der Waals surface area contributed by atoms with E-state index in [-0.39, 0.29) is 11.5 Å². The molecule has 0 saturated heterocycles. The second-order valence-corrected chi connectivity index (χ2v) is 6.95. The first-order chi connectivity index (χ1) is 13.1. The monoisotopic (exact) mass is 399 g/mol. The third-order valence-electron chi connectivity index (χ3n) is 4.00. The summed E-state index contributed by atoms with van der Waals surface area (Å²) in [6, 6.07) is 7.47. The van der Waals surface area contributed by atoms with Crippen LogP contribution < -0.4 is 10.1 Å². The molecular formula is C18H14ClN5O2S. The molecule has 0 fully saturated rings. The van der Waals surface area contributed by atoms with Crippen molar-refractivity contribution in [1.82, 2.24) is 19.7 Å². The molecule has 4 rings (SSSR count). The topological polar surface area (TPSA) is 81.9 Å². The Balaban J connectivity index is 1.80. The number of hydrogen-bond acceptors (Lipinski definition) is 6. The number of ether oxygens (including phenoxy) is 1. The molecule has 0 bridgehead atoms. The van der Waals surface area contributed by atoms with E-state index >= 15 is 0 Å². The van der Waals surface area contributed by atoms with Gasteiger partial charge >= 0.3 is 0 Å². The van der Waals surface area contributed by atoms with Crippen molar-refractivity contribution in [3.05, 3.63) is 58.3 Å². The number of carbonyl (C=O) groups is 1. The molecule has 136 valence electrons. The Morgan fingerprint density at radius 2 is 2.19 bits per heavy atom. The minimum atomic E-state index is -0.363. The SMILES string of the molecule is COc1cccc(-n2nc(C)c3c(Cl)c(C(=O)Nc4nccs4)cnc32)c1. The fraction of sp³-hybridized carbons (Fsp3) is 0.111. The lowest BCUT2D eigenvalue weighted by atomic mass is 10.2. The molecule has 9 heteroatoms. The number of methoxy groups -OCH3 is 1. The third kappa shape index (κ3) is 3.13. The Kier molecular flexibility index (Phi) is 4.51. The van der Waals surface area contributed by atoms with Crippen LogP contribution in [0.25, 0.3) is 16.7 Å². The molecule has 0 saturated carbocycles. The molecule has 0 aliphatic heterocycles. The molecule has 1 aromatic carbocycles. The fourth-order valence-electron chi connectivity index (χ4n) is 2.74. The van der Waals surface area contributed by atoms with Gasteiger partial charge in [-0.15, -0.1) is 11.3 Å². The zero-order valence-corrected chi connectivity index (χ0v) is 16.0. The van der Waals surface area contributed by atoms with Crippen LogP contribution in [0.1, 0.15) is 16.1 Å². The average Bonchev–Trinajstić information content (AvgIpc) is 3.30. The number of benzene rings is 1. The van der Waals surface area contributed by atoms with Gasteiger partial charge in [0.05, 0.1) is 34.5 Å². The quantitative estimate of drug-likeness (QED) is 0.558. The lowest BCUT2D eigenvalue weighted by Crippen LogP contribution is -2.13. The summed E-state index contributed by atoms with van der Waals surface area (Å²) in [6.07, 6.45) is 3.07. The molecule has 0 radical (unpaired) electrons. The first kappa shape index (κ1) is 17.4. The van der Waals surface area contributed by atoms with Crippen LogP contribution >= 0.6 is 22.9 Å². The molecule has 1 amide bonds. The Morgan fingerprint density at radius 1 is 1.33 bits per heavy atom. The van der Waals surface area contributed by atoms with Crippen molar-refractivity contribution in [3.8, 4) is 11.4 Å². The first-order valence-electron chi connectivity index (χ1n) is 7.97. The van der Waals surface area contributed by atoms with Gasteiger partial charge in [-0.2, -0.15) is 5.10 Å². The van der Waals surface area contributed by atoms with E-state index in [0.717, 1.165) is 5.69 Å². The van der Waals surface area contributed by atoms with Crippen LogP contribution in [0, 0.1) is 6.92 Å². The van der Waals surface area contributed by atoms with Gasteiger partial charge in [0.2, 0.25) is 0 Å². The maximum Gasteiger partial charge on any atom is 0.260 e. The number of amides is 1. The highest BCUT2D eigenvalue weighted by molar-refractivity contribution is 7.13. The van der Waals surface area contributed by atoms with Crippen molar-refractivity contribution in [2.24, 2.45) is 0 Å². The fourth-order valence-corrected chi connectivity index (χ4v) is 3.62. The Morgan fingerprint density at radius 3 is 2.93 bits per heavy atom.